The molecule has 2 heterocycles. The zero-order chi connectivity index (χ0) is 17.6. The van der Waals surface area contributed by atoms with Crippen molar-refractivity contribution in [2.75, 3.05) is 0 Å². The average molecular weight is 361 g/mol. The topological polar surface area (TPSA) is 88.3 Å². The van der Waals surface area contributed by atoms with Crippen LogP contribution in [0, 0.1) is 0 Å². The molecule has 1 saturated carbocycles. The third kappa shape index (κ3) is 2.68. The van der Waals surface area contributed by atoms with Crippen LogP contribution in [0.15, 0.2) is 28.8 Å². The maximum absolute atomic E-state index is 13.0. The third-order valence-electron chi connectivity index (χ3n) is 4.76. The molecule has 4 rings (SSSR count). The summed E-state index contributed by atoms with van der Waals surface area (Å²) in [5.41, 5.74) is -0.398. The number of hydrogen-bond donors (Lipinski definition) is 1. The first-order valence-electron chi connectivity index (χ1n) is 8.26. The van der Waals surface area contributed by atoms with Gasteiger partial charge < -0.3 is 9.84 Å². The van der Waals surface area contributed by atoms with Gasteiger partial charge >= 0.3 is 6.03 Å². The van der Waals surface area contributed by atoms with Crippen LogP contribution in [0.1, 0.15) is 49.4 Å². The van der Waals surface area contributed by atoms with Gasteiger partial charge in [0.15, 0.2) is 5.82 Å². The van der Waals surface area contributed by atoms with Crippen LogP contribution in [-0.4, -0.2) is 27.0 Å². The van der Waals surface area contributed by atoms with E-state index in [0.29, 0.717) is 28.7 Å². The van der Waals surface area contributed by atoms with Crippen LogP contribution in [0.4, 0.5) is 4.79 Å². The van der Waals surface area contributed by atoms with Crippen LogP contribution < -0.4 is 5.32 Å². The molecule has 3 amide bonds. The lowest BCUT2D eigenvalue weighted by atomic mass is 9.87. The minimum Gasteiger partial charge on any atom is -0.337 e. The maximum atomic E-state index is 13.0. The van der Waals surface area contributed by atoms with Gasteiger partial charge in [0, 0.05) is 10.9 Å². The van der Waals surface area contributed by atoms with E-state index in [2.05, 4.69) is 15.5 Å². The number of benzene rings is 1. The first-order chi connectivity index (χ1) is 12.0. The molecule has 2 aromatic rings. The van der Waals surface area contributed by atoms with Crippen LogP contribution in [0.2, 0.25) is 5.02 Å². The molecule has 25 heavy (non-hydrogen) atoms. The molecular formula is C17H17ClN4O3. The summed E-state index contributed by atoms with van der Waals surface area (Å²) < 4.78 is 5.20. The summed E-state index contributed by atoms with van der Waals surface area (Å²) in [6.45, 7) is 1.83. The lowest BCUT2D eigenvalue weighted by Crippen LogP contribution is -2.43. The van der Waals surface area contributed by atoms with E-state index in [9.17, 15) is 9.59 Å². The lowest BCUT2D eigenvalue weighted by Gasteiger charge is -2.25. The van der Waals surface area contributed by atoms with Crippen molar-refractivity contribution in [1.29, 1.82) is 0 Å². The lowest BCUT2D eigenvalue weighted by molar-refractivity contribution is -0.132. The molecule has 1 unspecified atom stereocenters. The van der Waals surface area contributed by atoms with Gasteiger partial charge in [-0.05, 0) is 37.0 Å². The van der Waals surface area contributed by atoms with E-state index in [1.54, 1.807) is 24.3 Å². The van der Waals surface area contributed by atoms with Crippen LogP contribution in [0.5, 0.6) is 0 Å². The normalized spacial score (nSPS) is 23.2. The molecule has 2 fully saturated rings. The number of nitrogens with one attached hydrogen (secondary N) is 1. The van der Waals surface area contributed by atoms with Gasteiger partial charge in [0.1, 0.15) is 12.1 Å². The smallest absolute Gasteiger partial charge is 0.325 e. The molecule has 1 aromatic carbocycles. The Kier molecular flexibility index (Phi) is 3.76. The second-order valence-corrected chi connectivity index (χ2v) is 6.84. The molecule has 1 N–H and O–H groups in total. The molecule has 7 nitrogen and oxygen atoms in total. The van der Waals surface area contributed by atoms with Crippen molar-refractivity contribution in [1.82, 2.24) is 20.4 Å². The first-order valence-corrected chi connectivity index (χ1v) is 8.64. The highest BCUT2D eigenvalue weighted by atomic mass is 35.5. The molecule has 2 aliphatic rings. The van der Waals surface area contributed by atoms with Gasteiger partial charge in [0.2, 0.25) is 5.89 Å². The van der Waals surface area contributed by atoms with E-state index in [4.69, 9.17) is 16.1 Å². The monoisotopic (exact) mass is 360 g/mol. The second kappa shape index (κ2) is 5.84. The van der Waals surface area contributed by atoms with Crippen molar-refractivity contribution in [2.45, 2.75) is 44.2 Å². The number of amides is 3. The fraction of sp³-hybridized carbons (Fsp3) is 0.412. The number of imide groups is 1. The van der Waals surface area contributed by atoms with Crippen molar-refractivity contribution in [2.24, 2.45) is 0 Å². The number of aromatic nitrogens is 2. The van der Waals surface area contributed by atoms with Crippen molar-refractivity contribution in [3.63, 3.8) is 0 Å². The predicted octanol–water partition coefficient (Wildman–Crippen LogP) is 2.96. The van der Waals surface area contributed by atoms with Crippen molar-refractivity contribution >= 4 is 23.5 Å². The van der Waals surface area contributed by atoms with E-state index in [0.717, 1.165) is 17.7 Å². The largest absolute Gasteiger partial charge is 0.337 e. The molecular weight excluding hydrogens is 344 g/mol. The number of carbonyl (C=O) groups is 2. The molecule has 8 heteroatoms. The van der Waals surface area contributed by atoms with Crippen molar-refractivity contribution in [3.8, 4) is 0 Å². The Morgan fingerprint density at radius 3 is 2.68 bits per heavy atom. The Bertz CT molecular complexity index is 831. The van der Waals surface area contributed by atoms with E-state index < -0.39 is 11.6 Å². The second-order valence-electron chi connectivity index (χ2n) is 6.41. The van der Waals surface area contributed by atoms with Crippen LogP contribution in [-0.2, 0) is 16.9 Å². The molecule has 130 valence electrons. The van der Waals surface area contributed by atoms with Gasteiger partial charge in [-0.3, -0.25) is 9.69 Å². The highest BCUT2D eigenvalue weighted by Crippen LogP contribution is 2.38. The summed E-state index contributed by atoms with van der Waals surface area (Å²) in [6, 6.07) is 6.46. The highest BCUT2D eigenvalue weighted by Gasteiger charge is 2.51. The molecule has 1 aromatic heterocycles. The minimum absolute atomic E-state index is 0.0280. The number of nitrogens with zero attached hydrogens (tertiary/aromatic N) is 3. The average Bonchev–Trinajstić information content (AvgIpc) is 3.31. The first kappa shape index (κ1) is 16.1. The predicted molar refractivity (Wildman–Crippen MR) is 88.8 cm³/mol. The van der Waals surface area contributed by atoms with Crippen LogP contribution >= 0.6 is 11.6 Å². The highest BCUT2D eigenvalue weighted by molar-refractivity contribution is 6.30. The summed E-state index contributed by atoms with van der Waals surface area (Å²) in [5.74, 6) is 0.952. The van der Waals surface area contributed by atoms with E-state index in [-0.39, 0.29) is 18.3 Å². The Labute approximate surface area is 149 Å². The Balaban J connectivity index is 1.60. The Hall–Kier alpha value is -2.41. The molecule has 0 bridgehead atoms. The van der Waals surface area contributed by atoms with Crippen molar-refractivity contribution in [3.05, 3.63) is 46.6 Å². The van der Waals surface area contributed by atoms with Gasteiger partial charge in [-0.15, -0.1) is 0 Å². The van der Waals surface area contributed by atoms with Crippen molar-refractivity contribution < 1.29 is 14.1 Å². The summed E-state index contributed by atoms with van der Waals surface area (Å²) in [5, 5.41) is 7.31. The summed E-state index contributed by atoms with van der Waals surface area (Å²) in [7, 11) is 0. The summed E-state index contributed by atoms with van der Waals surface area (Å²) >= 11 is 5.93. The molecule has 0 spiro atoms. The summed E-state index contributed by atoms with van der Waals surface area (Å²) in [4.78, 5) is 30.9. The quantitative estimate of drug-likeness (QED) is 0.828. The van der Waals surface area contributed by atoms with Crippen LogP contribution in [0.3, 0.4) is 0 Å². The maximum Gasteiger partial charge on any atom is 0.325 e. The van der Waals surface area contributed by atoms with E-state index in [1.165, 1.54) is 0 Å². The number of rotatable bonds is 5. The standard InChI is InChI=1S/C17H17ClN4O3/c1-2-17(11-5-7-12(18)8-6-11)15(23)22(16(24)20-17)9-13-19-14(21-25-13)10-3-4-10/h5-8,10H,2-4,9H2,1H3,(H,20,24). The number of urea groups is 1. The molecule has 1 saturated heterocycles. The number of hydrogen-bond acceptors (Lipinski definition) is 5. The third-order valence-corrected chi connectivity index (χ3v) is 5.01. The fourth-order valence-corrected chi connectivity index (χ4v) is 3.24. The molecule has 0 radical (unpaired) electrons. The number of halogens is 1. The van der Waals surface area contributed by atoms with Gasteiger partial charge in [0.05, 0.1) is 0 Å². The Morgan fingerprint density at radius 2 is 2.04 bits per heavy atom. The van der Waals surface area contributed by atoms with E-state index in [1.807, 2.05) is 6.92 Å². The van der Waals surface area contributed by atoms with Crippen LogP contribution in [0.25, 0.3) is 0 Å². The summed E-state index contributed by atoms with van der Waals surface area (Å²) in [6.07, 6.45) is 2.53. The molecule has 1 atom stereocenters. The SMILES string of the molecule is CCC1(c2ccc(Cl)cc2)NC(=O)N(Cc2nc(C3CC3)no2)C1=O. The van der Waals surface area contributed by atoms with E-state index >= 15 is 0 Å². The molecule has 1 aliphatic heterocycles. The zero-order valence-electron chi connectivity index (χ0n) is 13.7. The number of carbonyl (C=O) groups excluding carboxylic acids is 2. The fourth-order valence-electron chi connectivity index (χ4n) is 3.12. The van der Waals surface area contributed by atoms with Gasteiger partial charge in [0.25, 0.3) is 5.91 Å². The Morgan fingerprint density at radius 1 is 1.32 bits per heavy atom. The zero-order valence-corrected chi connectivity index (χ0v) is 14.4. The van der Waals surface area contributed by atoms with Gasteiger partial charge in [-0.2, -0.15) is 4.98 Å². The van der Waals surface area contributed by atoms with Gasteiger partial charge in [-0.1, -0.05) is 35.8 Å². The molecule has 1 aliphatic carbocycles. The van der Waals surface area contributed by atoms with Gasteiger partial charge in [-0.25, -0.2) is 4.79 Å². The minimum atomic E-state index is -1.10.